The van der Waals surface area contributed by atoms with Gasteiger partial charge in [0.2, 0.25) is 11.8 Å². The zero-order chi connectivity index (χ0) is 31.4. The van der Waals surface area contributed by atoms with Crippen LogP contribution < -0.4 is 14.8 Å². The number of amides is 2. The van der Waals surface area contributed by atoms with Crippen molar-refractivity contribution in [1.29, 1.82) is 0 Å². The number of nitrogens with one attached hydrogen (secondary N) is 1. The maximum Gasteiger partial charge on any atom is 0.408 e. The van der Waals surface area contributed by atoms with Crippen LogP contribution in [0.5, 0.6) is 11.6 Å². The minimum absolute atomic E-state index is 0.104. The van der Waals surface area contributed by atoms with Gasteiger partial charge in [0.1, 0.15) is 29.7 Å². The van der Waals surface area contributed by atoms with Gasteiger partial charge in [-0.1, -0.05) is 27.7 Å². The van der Waals surface area contributed by atoms with E-state index >= 15 is 0 Å². The Labute approximate surface area is 259 Å². The fourth-order valence-corrected chi connectivity index (χ4v) is 7.20. The van der Waals surface area contributed by atoms with Gasteiger partial charge in [-0.2, -0.15) is 0 Å². The second-order valence-electron chi connectivity index (χ2n) is 14.7. The van der Waals surface area contributed by atoms with Crippen LogP contribution in [0, 0.1) is 22.7 Å². The highest BCUT2D eigenvalue weighted by atomic mass is 16.6. The van der Waals surface area contributed by atoms with Crippen LogP contribution in [0.1, 0.15) is 85.3 Å². The summed E-state index contributed by atoms with van der Waals surface area (Å²) in [6.45, 7) is 9.35. The van der Waals surface area contributed by atoms with Gasteiger partial charge >= 0.3 is 6.09 Å². The third-order valence-corrected chi connectivity index (χ3v) is 10.3. The molecule has 1 aromatic carbocycles. The normalized spacial score (nSPS) is 30.5. The molecule has 2 aromatic rings. The van der Waals surface area contributed by atoms with Crippen molar-refractivity contribution in [2.45, 2.75) is 110 Å². The first-order valence-electron chi connectivity index (χ1n) is 16.2. The highest BCUT2D eigenvalue weighted by Gasteiger charge is 2.50. The van der Waals surface area contributed by atoms with Crippen LogP contribution in [0.4, 0.5) is 4.79 Å². The Morgan fingerprint density at radius 2 is 1.84 bits per heavy atom. The lowest BCUT2D eigenvalue weighted by atomic mass is 9.85. The molecule has 0 unspecified atom stereocenters. The standard InChI is InChI=1S/C34H46N4O6/c1-19-27-18-38(28(19)20(2)39)31(40)29(33(3,4)5)37-32(41)44-26-16-21(26)11-13-34(14-15-34)12-7-8-24-30(43-27)36-25-17-22(42-6)9-10-23(25)35-24/h9-10,17,19,21,26-29H,7-8,11-16,18H2,1-6H3,(H,37,41)/t19-,21-,26-,27+,28+,29-/m1/s1. The predicted octanol–water partition coefficient (Wildman–Crippen LogP) is 5.25. The Morgan fingerprint density at radius 1 is 1.07 bits per heavy atom. The second-order valence-corrected chi connectivity index (χ2v) is 14.7. The van der Waals surface area contributed by atoms with Gasteiger partial charge in [-0.05, 0) is 87.2 Å². The topological polar surface area (TPSA) is 120 Å². The van der Waals surface area contributed by atoms with Crippen LogP contribution in [-0.2, 0) is 20.7 Å². The highest BCUT2D eigenvalue weighted by molar-refractivity contribution is 5.92. The van der Waals surface area contributed by atoms with Crippen molar-refractivity contribution in [3.8, 4) is 11.6 Å². The molecule has 10 heteroatoms. The molecule has 0 radical (unpaired) electrons. The maximum absolute atomic E-state index is 14.2. The lowest BCUT2D eigenvalue weighted by Gasteiger charge is -2.35. The Bertz CT molecular complexity index is 1450. The number of carbonyl (C=O) groups excluding carboxylic acids is 3. The summed E-state index contributed by atoms with van der Waals surface area (Å²) in [4.78, 5) is 51.7. The van der Waals surface area contributed by atoms with Crippen molar-refractivity contribution in [2.24, 2.45) is 22.7 Å². The molecule has 1 spiro atoms. The number of hydrogen-bond acceptors (Lipinski definition) is 8. The summed E-state index contributed by atoms with van der Waals surface area (Å²) < 4.78 is 17.8. The van der Waals surface area contributed by atoms with E-state index in [9.17, 15) is 14.4 Å². The molecule has 2 saturated carbocycles. The van der Waals surface area contributed by atoms with Gasteiger partial charge in [0.25, 0.3) is 0 Å². The van der Waals surface area contributed by atoms with Crippen molar-refractivity contribution in [1.82, 2.24) is 20.2 Å². The van der Waals surface area contributed by atoms with Crippen molar-refractivity contribution >= 4 is 28.8 Å². The molecule has 1 aromatic heterocycles. The third kappa shape index (κ3) is 6.22. The molecule has 3 heterocycles. The molecule has 3 fully saturated rings. The quantitative estimate of drug-likeness (QED) is 0.493. The molecule has 6 rings (SSSR count). The molecule has 4 aliphatic rings. The van der Waals surface area contributed by atoms with E-state index in [-0.39, 0.29) is 30.3 Å². The average molecular weight is 607 g/mol. The van der Waals surface area contributed by atoms with E-state index in [0.29, 0.717) is 28.5 Å². The van der Waals surface area contributed by atoms with Crippen LogP contribution in [-0.4, -0.2) is 70.6 Å². The molecule has 10 nitrogen and oxygen atoms in total. The summed E-state index contributed by atoms with van der Waals surface area (Å²) in [5, 5.41) is 2.87. The number of Topliss-reactive ketones (excluding diaryl/α,β-unsaturated/α-hetero) is 1. The number of benzene rings is 1. The van der Waals surface area contributed by atoms with Crippen molar-refractivity contribution < 1.29 is 28.6 Å². The predicted molar refractivity (Wildman–Crippen MR) is 164 cm³/mol. The van der Waals surface area contributed by atoms with Gasteiger partial charge < -0.3 is 24.4 Å². The van der Waals surface area contributed by atoms with Gasteiger partial charge in [-0.3, -0.25) is 9.59 Å². The van der Waals surface area contributed by atoms with E-state index in [1.165, 1.54) is 19.8 Å². The fraction of sp³-hybridized carbons (Fsp3) is 0.676. The van der Waals surface area contributed by atoms with E-state index < -0.39 is 29.7 Å². The number of aryl methyl sites for hydroxylation is 1. The molecule has 1 N–H and O–H groups in total. The number of alkyl carbamates (subject to hydrolysis) is 1. The zero-order valence-corrected chi connectivity index (χ0v) is 26.9. The molecule has 2 aliphatic carbocycles. The lowest BCUT2D eigenvalue weighted by Crippen LogP contribution is -2.57. The molecule has 2 bridgehead atoms. The summed E-state index contributed by atoms with van der Waals surface area (Å²) in [5.74, 6) is 0.750. The molecule has 44 heavy (non-hydrogen) atoms. The number of ether oxygens (including phenoxy) is 3. The smallest absolute Gasteiger partial charge is 0.408 e. The SMILES string of the molecule is COc1ccc2nc3c(nc2c1)O[C@H]1CN(C(=O)[C@H](C(C)(C)C)NC(=O)O[C@@H]2C[C@H]2CCC2(CCC3)CC2)[C@H](C(C)=O)[C@@H]1C. The molecular weight excluding hydrogens is 560 g/mol. The van der Waals surface area contributed by atoms with Gasteiger partial charge in [-0.15, -0.1) is 0 Å². The fourth-order valence-electron chi connectivity index (χ4n) is 7.20. The Kier molecular flexibility index (Phi) is 7.99. The number of methoxy groups -OCH3 is 1. The summed E-state index contributed by atoms with van der Waals surface area (Å²) in [6.07, 6.45) is 7.14. The molecule has 2 amide bonds. The Balaban J connectivity index is 1.36. The van der Waals surface area contributed by atoms with Crippen LogP contribution in [0.3, 0.4) is 0 Å². The average Bonchev–Trinajstić information content (AvgIpc) is 3.87. The van der Waals surface area contributed by atoms with Crippen molar-refractivity contribution in [3.05, 3.63) is 23.9 Å². The number of ketones is 1. The van der Waals surface area contributed by atoms with E-state index in [1.54, 1.807) is 12.0 Å². The summed E-state index contributed by atoms with van der Waals surface area (Å²) in [6, 6.07) is 4.07. The minimum atomic E-state index is -0.875. The van der Waals surface area contributed by atoms with Crippen LogP contribution >= 0.6 is 0 Å². The Morgan fingerprint density at radius 3 is 2.52 bits per heavy atom. The zero-order valence-electron chi connectivity index (χ0n) is 26.9. The summed E-state index contributed by atoms with van der Waals surface area (Å²) >= 11 is 0. The summed E-state index contributed by atoms with van der Waals surface area (Å²) in [7, 11) is 1.62. The molecule has 6 atom stereocenters. The lowest BCUT2D eigenvalue weighted by molar-refractivity contribution is -0.141. The first-order chi connectivity index (χ1) is 20.9. The van der Waals surface area contributed by atoms with Gasteiger partial charge in [0.15, 0.2) is 5.78 Å². The van der Waals surface area contributed by atoms with E-state index in [2.05, 4.69) is 5.32 Å². The first-order valence-corrected chi connectivity index (χ1v) is 16.2. The summed E-state index contributed by atoms with van der Waals surface area (Å²) in [5.41, 5.74) is 1.97. The van der Waals surface area contributed by atoms with Crippen LogP contribution in [0.25, 0.3) is 11.0 Å². The van der Waals surface area contributed by atoms with Gasteiger partial charge in [-0.25, -0.2) is 14.8 Å². The van der Waals surface area contributed by atoms with Gasteiger partial charge in [0, 0.05) is 12.0 Å². The number of fused-ring (bicyclic) bond motifs is 5. The maximum atomic E-state index is 14.2. The monoisotopic (exact) mass is 606 g/mol. The first kappa shape index (κ1) is 30.6. The third-order valence-electron chi connectivity index (χ3n) is 10.3. The molecule has 2 aliphatic heterocycles. The van der Waals surface area contributed by atoms with Crippen molar-refractivity contribution in [3.63, 3.8) is 0 Å². The van der Waals surface area contributed by atoms with E-state index in [1.807, 2.05) is 45.9 Å². The molecular formula is C34H46N4O6. The van der Waals surface area contributed by atoms with Crippen molar-refractivity contribution in [2.75, 3.05) is 13.7 Å². The number of nitrogens with zero attached hydrogens (tertiary/aromatic N) is 3. The van der Waals surface area contributed by atoms with Gasteiger partial charge in [0.05, 0.1) is 30.7 Å². The molecule has 1 saturated heterocycles. The number of rotatable bonds is 2. The number of aromatic nitrogens is 2. The van der Waals surface area contributed by atoms with E-state index in [4.69, 9.17) is 24.2 Å². The Hall–Kier alpha value is -3.43. The largest absolute Gasteiger partial charge is 0.497 e. The highest BCUT2D eigenvalue weighted by Crippen LogP contribution is 2.55. The number of hydrogen-bond donors (Lipinski definition) is 1. The van der Waals surface area contributed by atoms with E-state index in [0.717, 1.165) is 49.7 Å². The number of carbonyl (C=O) groups is 3. The van der Waals surface area contributed by atoms with Crippen LogP contribution in [0.15, 0.2) is 18.2 Å². The minimum Gasteiger partial charge on any atom is -0.497 e. The second kappa shape index (κ2) is 11.5. The van der Waals surface area contributed by atoms with Crippen LogP contribution in [0.2, 0.25) is 0 Å². The molecule has 238 valence electrons.